The third kappa shape index (κ3) is 8.97. The predicted molar refractivity (Wildman–Crippen MR) is 170 cm³/mol. The number of hydrogen-bond donors (Lipinski definition) is 1. The number of hydrogen-bond acceptors (Lipinski definition) is 6. The van der Waals surface area contributed by atoms with Crippen molar-refractivity contribution in [3.63, 3.8) is 0 Å². The molecular formula is C32H27ClF8N4O4Si. The molecule has 0 unspecified atom stereocenters. The first-order chi connectivity index (χ1) is 23.1. The van der Waals surface area contributed by atoms with Crippen LogP contribution in [0.3, 0.4) is 0 Å². The van der Waals surface area contributed by atoms with Gasteiger partial charge in [0.25, 0.3) is 5.91 Å². The number of anilines is 3. The van der Waals surface area contributed by atoms with Crippen LogP contribution in [-0.4, -0.2) is 58.3 Å². The van der Waals surface area contributed by atoms with E-state index in [1.165, 1.54) is 0 Å². The van der Waals surface area contributed by atoms with Gasteiger partial charge < -0.3 is 15.0 Å². The lowest BCUT2D eigenvalue weighted by Gasteiger charge is -2.38. The van der Waals surface area contributed by atoms with E-state index in [1.807, 2.05) is 19.6 Å². The molecule has 0 aliphatic carbocycles. The zero-order valence-electron chi connectivity index (χ0n) is 26.5. The minimum atomic E-state index is -5.09. The van der Waals surface area contributed by atoms with Crippen molar-refractivity contribution in [1.29, 1.82) is 5.26 Å². The van der Waals surface area contributed by atoms with Crippen LogP contribution in [0.15, 0.2) is 42.5 Å². The molecule has 2 amide bonds. The topological polar surface area (TPSA) is 103 Å². The van der Waals surface area contributed by atoms with Crippen molar-refractivity contribution in [1.82, 2.24) is 0 Å². The summed E-state index contributed by atoms with van der Waals surface area (Å²) in [6.45, 7) is 3.06. The number of nitrogens with one attached hydrogen (secondary N) is 1. The number of halogens is 9. The zero-order chi connectivity index (χ0) is 37.3. The summed E-state index contributed by atoms with van der Waals surface area (Å²) >= 11 is 6.16. The second kappa shape index (κ2) is 14.4. The van der Waals surface area contributed by atoms with Crippen molar-refractivity contribution >= 4 is 54.3 Å². The molecule has 0 fully saturated rings. The largest absolute Gasteiger partial charge is 0.416 e. The lowest BCUT2D eigenvalue weighted by molar-refractivity contribution is -0.137. The Kier molecular flexibility index (Phi) is 11.0. The molecule has 4 rings (SSSR count). The van der Waals surface area contributed by atoms with Gasteiger partial charge in [-0.15, -0.1) is 0 Å². The Morgan fingerprint density at radius 2 is 1.70 bits per heavy atom. The van der Waals surface area contributed by atoms with Gasteiger partial charge in [-0.3, -0.25) is 19.3 Å². The van der Waals surface area contributed by atoms with Crippen molar-refractivity contribution < 1.29 is 54.2 Å². The van der Waals surface area contributed by atoms with Gasteiger partial charge in [0.15, 0.2) is 5.78 Å². The second-order valence-electron chi connectivity index (χ2n) is 12.4. The van der Waals surface area contributed by atoms with Crippen LogP contribution in [0.25, 0.3) is 0 Å². The minimum absolute atomic E-state index is 0.122. The zero-order valence-corrected chi connectivity index (χ0v) is 28.2. The highest BCUT2D eigenvalue weighted by molar-refractivity contribution is 6.76. The van der Waals surface area contributed by atoms with Crippen LogP contribution < -0.4 is 15.1 Å². The normalized spacial score (nSPS) is 13.6. The summed E-state index contributed by atoms with van der Waals surface area (Å²) < 4.78 is 116. The standard InChI is InChI=1S/C32H27ClF8N4O4Si/c1-50(2,3)7-6-49-16-45-26(46)14-44(15-31(36,37)38)25-12-24(43-30(48)17-8-18(32(39,40)41)10-20(35)9-17)27(22(13-42)28(25)45)29(47)21-11-19(34)4-5-23(21)33/h4-5,8-12H,6-7,14-16H2,1-3H3,(H,43,48). The molecule has 18 heteroatoms. The van der Waals surface area contributed by atoms with Crippen LogP contribution >= 0.6 is 11.6 Å². The first-order valence-electron chi connectivity index (χ1n) is 14.6. The molecule has 1 N–H and O–H groups in total. The van der Waals surface area contributed by atoms with Gasteiger partial charge in [0, 0.05) is 25.8 Å². The van der Waals surface area contributed by atoms with Crippen LogP contribution in [0.4, 0.5) is 52.2 Å². The lowest BCUT2D eigenvalue weighted by atomic mass is 9.92. The molecule has 0 saturated heterocycles. The maximum absolute atomic E-state index is 14.3. The van der Waals surface area contributed by atoms with Gasteiger partial charge in [0.2, 0.25) is 5.91 Å². The summed E-state index contributed by atoms with van der Waals surface area (Å²) in [6, 6.07) is 6.53. The third-order valence-corrected chi connectivity index (χ3v) is 9.39. The van der Waals surface area contributed by atoms with Crippen LogP contribution in [0.2, 0.25) is 30.7 Å². The number of ketones is 1. The highest BCUT2D eigenvalue weighted by Crippen LogP contribution is 2.44. The molecule has 0 spiro atoms. The van der Waals surface area contributed by atoms with Gasteiger partial charge in [0.05, 0.1) is 45.3 Å². The molecule has 0 atom stereocenters. The third-order valence-electron chi connectivity index (χ3n) is 7.35. The van der Waals surface area contributed by atoms with Crippen molar-refractivity contribution in [3.8, 4) is 6.07 Å². The number of rotatable bonds is 10. The molecule has 0 aromatic heterocycles. The number of nitrogens with zero attached hydrogens (tertiary/aromatic N) is 3. The van der Waals surface area contributed by atoms with Crippen molar-refractivity contribution in [2.24, 2.45) is 0 Å². The number of alkyl halides is 6. The Bertz CT molecular complexity index is 1890. The molecule has 266 valence electrons. The van der Waals surface area contributed by atoms with Crippen molar-refractivity contribution in [2.75, 3.05) is 41.5 Å². The molecule has 1 aliphatic heterocycles. The summed E-state index contributed by atoms with van der Waals surface area (Å²) in [4.78, 5) is 42.1. The molecule has 3 aromatic carbocycles. The van der Waals surface area contributed by atoms with Gasteiger partial charge in [-0.25, -0.2) is 8.78 Å². The van der Waals surface area contributed by atoms with E-state index < -0.39 is 114 Å². The van der Waals surface area contributed by atoms with E-state index in [1.54, 1.807) is 6.07 Å². The monoisotopic (exact) mass is 746 g/mol. The Morgan fingerprint density at radius 3 is 2.30 bits per heavy atom. The van der Waals surface area contributed by atoms with E-state index in [2.05, 4.69) is 5.32 Å². The maximum Gasteiger partial charge on any atom is 0.416 e. The molecular weight excluding hydrogens is 720 g/mol. The van der Waals surface area contributed by atoms with Crippen LogP contribution in [0.1, 0.15) is 37.4 Å². The Hall–Kier alpha value is -4.53. The lowest BCUT2D eigenvalue weighted by Crippen LogP contribution is -2.50. The van der Waals surface area contributed by atoms with E-state index in [-0.39, 0.29) is 17.7 Å². The summed E-state index contributed by atoms with van der Waals surface area (Å²) in [5.74, 6) is -6.10. The second-order valence-corrected chi connectivity index (χ2v) is 18.5. The molecule has 50 heavy (non-hydrogen) atoms. The Labute approximate surface area is 286 Å². The first kappa shape index (κ1) is 38.3. The molecule has 8 nitrogen and oxygen atoms in total. The average molecular weight is 747 g/mol. The van der Waals surface area contributed by atoms with Gasteiger partial charge in [-0.1, -0.05) is 31.2 Å². The fraction of sp³-hybridized carbons (Fsp3) is 0.312. The number of fused-ring (bicyclic) bond motifs is 1. The number of carbonyl (C=O) groups excluding carboxylic acids is 3. The summed E-state index contributed by atoms with van der Waals surface area (Å²) in [6.07, 6.45) is -10.00. The fourth-order valence-electron chi connectivity index (χ4n) is 4.99. The van der Waals surface area contributed by atoms with E-state index in [4.69, 9.17) is 16.3 Å². The molecule has 0 radical (unpaired) electrons. The SMILES string of the molecule is C[Si](C)(C)CCOCN1C(=O)CN(CC(F)(F)F)c2cc(NC(=O)c3cc(F)cc(C(F)(F)F)c3)c(C(=O)c3cc(F)ccc3Cl)c(C#N)c21. The molecule has 0 saturated carbocycles. The minimum Gasteiger partial charge on any atom is -0.361 e. The molecule has 1 aliphatic rings. The fourth-order valence-corrected chi connectivity index (χ4v) is 5.95. The number of carbonyl (C=O) groups is 3. The van der Waals surface area contributed by atoms with Gasteiger partial charge in [-0.2, -0.15) is 31.6 Å². The summed E-state index contributed by atoms with van der Waals surface area (Å²) in [5, 5.41) is 12.2. The van der Waals surface area contributed by atoms with Gasteiger partial charge >= 0.3 is 12.4 Å². The molecule has 1 heterocycles. The Balaban J connectivity index is 1.98. The highest BCUT2D eigenvalue weighted by Gasteiger charge is 2.41. The predicted octanol–water partition coefficient (Wildman–Crippen LogP) is 8.02. The maximum atomic E-state index is 14.3. The number of amides is 2. The van der Waals surface area contributed by atoms with E-state index in [9.17, 15) is 54.8 Å². The summed E-state index contributed by atoms with van der Waals surface area (Å²) in [7, 11) is -1.66. The van der Waals surface area contributed by atoms with E-state index in [0.717, 1.165) is 23.1 Å². The van der Waals surface area contributed by atoms with Crippen molar-refractivity contribution in [2.45, 2.75) is 38.0 Å². The van der Waals surface area contributed by atoms with Crippen LogP contribution in [0.5, 0.6) is 0 Å². The smallest absolute Gasteiger partial charge is 0.361 e. The van der Waals surface area contributed by atoms with Gasteiger partial charge in [0.1, 0.15) is 31.0 Å². The van der Waals surface area contributed by atoms with E-state index in [0.29, 0.717) is 29.1 Å². The molecule has 3 aromatic rings. The summed E-state index contributed by atoms with van der Waals surface area (Å²) in [5.41, 5.74) is -6.32. The van der Waals surface area contributed by atoms with Crippen LogP contribution in [0, 0.1) is 23.0 Å². The molecule has 0 bridgehead atoms. The quantitative estimate of drug-likeness (QED) is 0.0976. The van der Waals surface area contributed by atoms with Crippen LogP contribution in [-0.2, 0) is 15.7 Å². The van der Waals surface area contributed by atoms with Crippen molar-refractivity contribution in [3.05, 3.63) is 86.9 Å². The number of nitriles is 1. The highest BCUT2D eigenvalue weighted by atomic mass is 35.5. The number of benzene rings is 3. The Morgan fingerprint density at radius 1 is 1.02 bits per heavy atom. The van der Waals surface area contributed by atoms with Gasteiger partial charge in [-0.05, 0) is 48.5 Å². The first-order valence-corrected chi connectivity index (χ1v) is 18.7. The average Bonchev–Trinajstić information content (AvgIpc) is 2.98. The van der Waals surface area contributed by atoms with E-state index >= 15 is 0 Å². The number of ether oxygens (including phenoxy) is 1.